The second kappa shape index (κ2) is 6.62. The van der Waals surface area contributed by atoms with Crippen LogP contribution in [0.4, 0.5) is 0 Å². The van der Waals surface area contributed by atoms with Crippen LogP contribution in [0.3, 0.4) is 0 Å². The van der Waals surface area contributed by atoms with Gasteiger partial charge >= 0.3 is 0 Å². The van der Waals surface area contributed by atoms with Gasteiger partial charge < -0.3 is 9.47 Å². The Hall–Kier alpha value is -1.02. The highest BCUT2D eigenvalue weighted by Gasteiger charge is 2.36. The fourth-order valence-corrected chi connectivity index (χ4v) is 2.90. The molecule has 0 spiro atoms. The fraction of sp³-hybridized carbons (Fsp3) is 0.667. The van der Waals surface area contributed by atoms with E-state index >= 15 is 0 Å². The van der Waals surface area contributed by atoms with Gasteiger partial charge in [-0.15, -0.1) is 0 Å². The smallest absolute Gasteiger partial charge is 0.122 e. The molecule has 1 fully saturated rings. The number of epoxide rings is 1. The minimum atomic E-state index is 0.456. The van der Waals surface area contributed by atoms with E-state index in [2.05, 4.69) is 46.8 Å². The molecule has 1 heterocycles. The summed E-state index contributed by atoms with van der Waals surface area (Å²) in [6, 6.07) is 4.40. The molecule has 3 unspecified atom stereocenters. The second-order valence-corrected chi connectivity index (χ2v) is 5.97. The first kappa shape index (κ1) is 15.4. The van der Waals surface area contributed by atoms with Gasteiger partial charge in [-0.1, -0.05) is 19.9 Å². The number of rotatable bonds is 7. The SMILES string of the molecule is CCCOc1ccc(C(CC)CC2OC2C)c(C)c1C. The monoisotopic (exact) mass is 276 g/mol. The molecule has 3 atom stereocenters. The number of ether oxygens (including phenoxy) is 2. The quantitative estimate of drug-likeness (QED) is 0.669. The Morgan fingerprint density at radius 3 is 2.45 bits per heavy atom. The maximum atomic E-state index is 5.82. The van der Waals surface area contributed by atoms with E-state index in [0.717, 1.165) is 25.2 Å². The van der Waals surface area contributed by atoms with Crippen molar-refractivity contribution in [2.45, 2.75) is 72.0 Å². The van der Waals surface area contributed by atoms with Crippen LogP contribution in [-0.2, 0) is 4.74 Å². The maximum absolute atomic E-state index is 5.82. The average Bonchev–Trinajstić information content (AvgIpc) is 3.14. The lowest BCUT2D eigenvalue weighted by atomic mass is 9.86. The molecule has 2 nitrogen and oxygen atoms in total. The van der Waals surface area contributed by atoms with Gasteiger partial charge in [0.15, 0.2) is 0 Å². The van der Waals surface area contributed by atoms with Crippen molar-refractivity contribution in [1.82, 2.24) is 0 Å². The highest BCUT2D eigenvalue weighted by molar-refractivity contribution is 5.45. The molecule has 1 aliphatic rings. The lowest BCUT2D eigenvalue weighted by molar-refractivity contribution is 0.314. The Balaban J connectivity index is 2.15. The van der Waals surface area contributed by atoms with Gasteiger partial charge in [-0.05, 0) is 68.7 Å². The summed E-state index contributed by atoms with van der Waals surface area (Å²) in [5, 5.41) is 0. The fourth-order valence-electron chi connectivity index (χ4n) is 2.90. The Kier molecular flexibility index (Phi) is 5.09. The zero-order valence-electron chi connectivity index (χ0n) is 13.5. The Bertz CT molecular complexity index is 453. The molecule has 2 rings (SSSR count). The van der Waals surface area contributed by atoms with E-state index in [1.54, 1.807) is 0 Å². The highest BCUT2D eigenvalue weighted by Crippen LogP contribution is 2.37. The van der Waals surface area contributed by atoms with E-state index in [1.807, 2.05) is 0 Å². The van der Waals surface area contributed by atoms with Gasteiger partial charge in [-0.3, -0.25) is 0 Å². The molecule has 2 heteroatoms. The molecule has 112 valence electrons. The van der Waals surface area contributed by atoms with Crippen LogP contribution < -0.4 is 4.74 Å². The van der Waals surface area contributed by atoms with Crippen molar-refractivity contribution in [3.8, 4) is 5.75 Å². The van der Waals surface area contributed by atoms with E-state index in [-0.39, 0.29) is 0 Å². The van der Waals surface area contributed by atoms with Crippen LogP contribution in [0.5, 0.6) is 5.75 Å². The molecular formula is C18H28O2. The molecule has 1 aromatic rings. The summed E-state index contributed by atoms with van der Waals surface area (Å²) < 4.78 is 11.4. The van der Waals surface area contributed by atoms with Crippen LogP contribution in [0.25, 0.3) is 0 Å². The topological polar surface area (TPSA) is 21.8 Å². The van der Waals surface area contributed by atoms with E-state index in [4.69, 9.17) is 9.47 Å². The minimum absolute atomic E-state index is 0.456. The predicted molar refractivity (Wildman–Crippen MR) is 83.7 cm³/mol. The summed E-state index contributed by atoms with van der Waals surface area (Å²) in [5.74, 6) is 1.64. The summed E-state index contributed by atoms with van der Waals surface area (Å²) in [5.41, 5.74) is 4.15. The maximum Gasteiger partial charge on any atom is 0.122 e. The van der Waals surface area contributed by atoms with E-state index in [1.165, 1.54) is 23.1 Å². The molecule has 0 N–H and O–H groups in total. The van der Waals surface area contributed by atoms with Crippen molar-refractivity contribution in [2.24, 2.45) is 0 Å². The Labute approximate surface area is 123 Å². The third-order valence-electron chi connectivity index (χ3n) is 4.53. The highest BCUT2D eigenvalue weighted by atomic mass is 16.6. The van der Waals surface area contributed by atoms with Crippen LogP contribution >= 0.6 is 0 Å². The summed E-state index contributed by atoms with van der Waals surface area (Å²) in [7, 11) is 0. The van der Waals surface area contributed by atoms with Crippen molar-refractivity contribution < 1.29 is 9.47 Å². The van der Waals surface area contributed by atoms with Gasteiger partial charge in [-0.25, -0.2) is 0 Å². The van der Waals surface area contributed by atoms with Gasteiger partial charge in [0, 0.05) is 0 Å². The summed E-state index contributed by atoms with van der Waals surface area (Å²) in [6.45, 7) is 11.8. The lowest BCUT2D eigenvalue weighted by Crippen LogP contribution is -2.07. The summed E-state index contributed by atoms with van der Waals surface area (Å²) in [4.78, 5) is 0. The van der Waals surface area contributed by atoms with Gasteiger partial charge in [0.25, 0.3) is 0 Å². The molecule has 1 aromatic carbocycles. The average molecular weight is 276 g/mol. The zero-order chi connectivity index (χ0) is 14.7. The van der Waals surface area contributed by atoms with Crippen molar-refractivity contribution in [2.75, 3.05) is 6.61 Å². The Morgan fingerprint density at radius 1 is 1.20 bits per heavy atom. The molecule has 0 aromatic heterocycles. The van der Waals surface area contributed by atoms with Crippen molar-refractivity contribution in [3.05, 3.63) is 28.8 Å². The molecule has 0 saturated carbocycles. The van der Waals surface area contributed by atoms with Crippen molar-refractivity contribution >= 4 is 0 Å². The largest absolute Gasteiger partial charge is 0.493 e. The third kappa shape index (κ3) is 3.35. The van der Waals surface area contributed by atoms with E-state index in [0.29, 0.717) is 18.1 Å². The number of hydrogen-bond acceptors (Lipinski definition) is 2. The molecule has 0 radical (unpaired) electrons. The van der Waals surface area contributed by atoms with Gasteiger partial charge in [0.2, 0.25) is 0 Å². The van der Waals surface area contributed by atoms with Crippen LogP contribution in [0, 0.1) is 13.8 Å². The minimum Gasteiger partial charge on any atom is -0.493 e. The van der Waals surface area contributed by atoms with Crippen LogP contribution in [0.2, 0.25) is 0 Å². The molecule has 0 bridgehead atoms. The standard InChI is InChI=1S/C18H28O2/c1-6-10-19-17-9-8-16(12(3)13(17)4)15(7-2)11-18-14(5)20-18/h8-9,14-15,18H,6-7,10-11H2,1-5H3. The van der Waals surface area contributed by atoms with E-state index < -0.39 is 0 Å². The molecular weight excluding hydrogens is 248 g/mol. The number of hydrogen-bond donors (Lipinski definition) is 0. The first-order valence-corrected chi connectivity index (χ1v) is 7.96. The van der Waals surface area contributed by atoms with Crippen LogP contribution in [0.1, 0.15) is 62.6 Å². The first-order chi connectivity index (χ1) is 9.58. The third-order valence-corrected chi connectivity index (χ3v) is 4.53. The lowest BCUT2D eigenvalue weighted by Gasteiger charge is -2.20. The van der Waals surface area contributed by atoms with Crippen molar-refractivity contribution in [3.63, 3.8) is 0 Å². The van der Waals surface area contributed by atoms with Gasteiger partial charge in [0.1, 0.15) is 5.75 Å². The molecule has 1 aliphatic heterocycles. The molecule has 1 saturated heterocycles. The van der Waals surface area contributed by atoms with Crippen molar-refractivity contribution in [1.29, 1.82) is 0 Å². The summed E-state index contributed by atoms with van der Waals surface area (Å²) >= 11 is 0. The normalized spacial score (nSPS) is 22.6. The van der Waals surface area contributed by atoms with Gasteiger partial charge in [0.05, 0.1) is 18.8 Å². The summed E-state index contributed by atoms with van der Waals surface area (Å²) in [6.07, 6.45) is 4.29. The molecule has 0 aliphatic carbocycles. The second-order valence-electron chi connectivity index (χ2n) is 5.97. The van der Waals surface area contributed by atoms with Gasteiger partial charge in [-0.2, -0.15) is 0 Å². The van der Waals surface area contributed by atoms with Crippen LogP contribution in [-0.4, -0.2) is 18.8 Å². The number of benzene rings is 1. The van der Waals surface area contributed by atoms with Crippen LogP contribution in [0.15, 0.2) is 12.1 Å². The zero-order valence-corrected chi connectivity index (χ0v) is 13.5. The molecule has 0 amide bonds. The first-order valence-electron chi connectivity index (χ1n) is 7.96. The van der Waals surface area contributed by atoms with E-state index in [9.17, 15) is 0 Å². The Morgan fingerprint density at radius 2 is 1.90 bits per heavy atom. The predicted octanol–water partition coefficient (Wildman–Crippen LogP) is 4.76. The molecule has 20 heavy (non-hydrogen) atoms.